The molecule has 0 amide bonds. The topological polar surface area (TPSA) is 29.3 Å². The van der Waals surface area contributed by atoms with E-state index in [0.717, 1.165) is 24.4 Å². The maximum absolute atomic E-state index is 6.01. The van der Waals surface area contributed by atoms with E-state index in [2.05, 4.69) is 25.8 Å². The van der Waals surface area contributed by atoms with Gasteiger partial charge in [-0.05, 0) is 44.6 Å². The van der Waals surface area contributed by atoms with Crippen LogP contribution in [0.4, 0.5) is 0 Å². The van der Waals surface area contributed by atoms with E-state index in [9.17, 15) is 0 Å². The van der Waals surface area contributed by atoms with Crippen LogP contribution in [0.25, 0.3) is 0 Å². The molecule has 0 aromatic carbocycles. The lowest BCUT2D eigenvalue weighted by Crippen LogP contribution is -2.64. The molecule has 2 aliphatic rings. The number of rotatable bonds is 4. The van der Waals surface area contributed by atoms with Crippen molar-refractivity contribution in [2.24, 2.45) is 17.6 Å². The average molecular weight is 210 g/mol. The van der Waals surface area contributed by atoms with E-state index >= 15 is 0 Å². The maximum atomic E-state index is 6.01. The van der Waals surface area contributed by atoms with E-state index in [1.54, 1.807) is 0 Å². The monoisotopic (exact) mass is 210 g/mol. The summed E-state index contributed by atoms with van der Waals surface area (Å²) < 4.78 is 0. The second kappa shape index (κ2) is 4.06. The normalized spacial score (nSPS) is 36.8. The van der Waals surface area contributed by atoms with E-state index in [1.165, 1.54) is 32.1 Å². The highest BCUT2D eigenvalue weighted by Crippen LogP contribution is 2.47. The zero-order valence-electron chi connectivity index (χ0n) is 10.5. The van der Waals surface area contributed by atoms with Gasteiger partial charge < -0.3 is 5.73 Å². The molecular formula is C13H26N2. The Morgan fingerprint density at radius 3 is 2.27 bits per heavy atom. The molecule has 0 aromatic rings. The van der Waals surface area contributed by atoms with Crippen LogP contribution in [0.5, 0.6) is 0 Å². The Morgan fingerprint density at radius 2 is 1.93 bits per heavy atom. The van der Waals surface area contributed by atoms with Gasteiger partial charge in [0.15, 0.2) is 0 Å². The van der Waals surface area contributed by atoms with Crippen LogP contribution in [0.2, 0.25) is 0 Å². The van der Waals surface area contributed by atoms with Crippen LogP contribution >= 0.6 is 0 Å². The minimum absolute atomic E-state index is 0.361. The zero-order chi connectivity index (χ0) is 11.1. The molecule has 0 atom stereocenters. The van der Waals surface area contributed by atoms with Crippen molar-refractivity contribution >= 4 is 0 Å². The van der Waals surface area contributed by atoms with Crippen molar-refractivity contribution in [2.75, 3.05) is 13.6 Å². The van der Waals surface area contributed by atoms with E-state index in [-0.39, 0.29) is 0 Å². The number of nitrogens with zero attached hydrogens (tertiary/aromatic N) is 1. The molecule has 2 N–H and O–H groups in total. The second-order valence-corrected chi connectivity index (χ2v) is 6.04. The molecule has 0 unspecified atom stereocenters. The minimum Gasteiger partial charge on any atom is -0.329 e. The summed E-state index contributed by atoms with van der Waals surface area (Å²) >= 11 is 0. The first-order valence-corrected chi connectivity index (χ1v) is 6.52. The van der Waals surface area contributed by atoms with Crippen molar-refractivity contribution in [2.45, 2.75) is 57.5 Å². The standard InChI is InChI=1S/C13H26N2/c1-10(2)11-7-13(8-11,9-14)15(3)12-5-4-6-12/h10-12H,4-9,14H2,1-3H3. The van der Waals surface area contributed by atoms with Crippen LogP contribution in [0, 0.1) is 11.8 Å². The molecule has 88 valence electrons. The van der Waals surface area contributed by atoms with Crippen LogP contribution in [0.1, 0.15) is 46.0 Å². The molecule has 2 aliphatic carbocycles. The molecule has 2 fully saturated rings. The van der Waals surface area contributed by atoms with Gasteiger partial charge in [0.25, 0.3) is 0 Å². The van der Waals surface area contributed by atoms with Gasteiger partial charge in [0, 0.05) is 18.1 Å². The Balaban J connectivity index is 1.93. The first-order chi connectivity index (χ1) is 7.09. The summed E-state index contributed by atoms with van der Waals surface area (Å²) in [6.07, 6.45) is 6.86. The first-order valence-electron chi connectivity index (χ1n) is 6.52. The van der Waals surface area contributed by atoms with Gasteiger partial charge in [-0.15, -0.1) is 0 Å². The molecule has 2 rings (SSSR count). The Morgan fingerprint density at radius 1 is 1.33 bits per heavy atom. The SMILES string of the molecule is CC(C)C1CC(CN)(N(C)C2CCC2)C1. The van der Waals surface area contributed by atoms with Crippen LogP contribution in [-0.4, -0.2) is 30.1 Å². The summed E-state index contributed by atoms with van der Waals surface area (Å²) in [4.78, 5) is 2.61. The van der Waals surface area contributed by atoms with Gasteiger partial charge in [0.1, 0.15) is 0 Å². The molecule has 0 heterocycles. The maximum Gasteiger partial charge on any atom is 0.0337 e. The van der Waals surface area contributed by atoms with Gasteiger partial charge in [-0.25, -0.2) is 0 Å². The Kier molecular flexibility index (Phi) is 3.09. The van der Waals surface area contributed by atoms with Crippen molar-refractivity contribution < 1.29 is 0 Å². The highest BCUT2D eigenvalue weighted by atomic mass is 15.2. The third-order valence-electron chi connectivity index (χ3n) is 4.98. The van der Waals surface area contributed by atoms with Crippen LogP contribution < -0.4 is 5.73 Å². The fourth-order valence-corrected chi connectivity index (χ4v) is 3.15. The summed E-state index contributed by atoms with van der Waals surface area (Å²) in [7, 11) is 2.30. The molecule has 2 nitrogen and oxygen atoms in total. The van der Waals surface area contributed by atoms with Gasteiger partial charge >= 0.3 is 0 Å². The van der Waals surface area contributed by atoms with Crippen molar-refractivity contribution in [1.82, 2.24) is 4.90 Å². The largest absolute Gasteiger partial charge is 0.329 e. The average Bonchev–Trinajstić information content (AvgIpc) is 1.98. The number of hydrogen-bond donors (Lipinski definition) is 1. The smallest absolute Gasteiger partial charge is 0.0337 e. The molecule has 0 spiro atoms. The molecule has 15 heavy (non-hydrogen) atoms. The van der Waals surface area contributed by atoms with Crippen LogP contribution in [0.15, 0.2) is 0 Å². The van der Waals surface area contributed by atoms with Crippen molar-refractivity contribution in [3.8, 4) is 0 Å². The van der Waals surface area contributed by atoms with Gasteiger partial charge in [-0.1, -0.05) is 20.3 Å². The third-order valence-corrected chi connectivity index (χ3v) is 4.98. The van der Waals surface area contributed by atoms with E-state index in [4.69, 9.17) is 5.73 Å². The lowest BCUT2D eigenvalue weighted by molar-refractivity contribution is -0.0600. The Bertz CT molecular complexity index is 215. The Hall–Kier alpha value is -0.0800. The van der Waals surface area contributed by atoms with Gasteiger partial charge in [-0.3, -0.25) is 4.90 Å². The highest BCUT2D eigenvalue weighted by molar-refractivity contribution is 5.05. The van der Waals surface area contributed by atoms with Crippen LogP contribution in [0.3, 0.4) is 0 Å². The summed E-state index contributed by atoms with van der Waals surface area (Å²) in [5.41, 5.74) is 6.37. The number of nitrogens with two attached hydrogens (primary N) is 1. The summed E-state index contributed by atoms with van der Waals surface area (Å²) in [6, 6.07) is 0.835. The van der Waals surface area contributed by atoms with E-state index in [1.807, 2.05) is 0 Å². The lowest BCUT2D eigenvalue weighted by Gasteiger charge is -2.58. The van der Waals surface area contributed by atoms with Gasteiger partial charge in [-0.2, -0.15) is 0 Å². The molecule has 0 aliphatic heterocycles. The van der Waals surface area contributed by atoms with E-state index in [0.29, 0.717) is 5.54 Å². The summed E-state index contributed by atoms with van der Waals surface area (Å²) in [5, 5.41) is 0. The fraction of sp³-hybridized carbons (Fsp3) is 1.00. The zero-order valence-corrected chi connectivity index (χ0v) is 10.5. The summed E-state index contributed by atoms with van der Waals surface area (Å²) in [5.74, 6) is 1.75. The fourth-order valence-electron chi connectivity index (χ4n) is 3.15. The summed E-state index contributed by atoms with van der Waals surface area (Å²) in [6.45, 7) is 5.53. The molecular weight excluding hydrogens is 184 g/mol. The predicted molar refractivity (Wildman–Crippen MR) is 64.7 cm³/mol. The van der Waals surface area contributed by atoms with Crippen LogP contribution in [-0.2, 0) is 0 Å². The van der Waals surface area contributed by atoms with Gasteiger partial charge in [0.2, 0.25) is 0 Å². The molecule has 2 heteroatoms. The predicted octanol–water partition coefficient (Wildman–Crippen LogP) is 2.23. The Labute approximate surface area is 94.2 Å². The lowest BCUT2D eigenvalue weighted by atomic mass is 9.62. The third kappa shape index (κ3) is 1.83. The van der Waals surface area contributed by atoms with Crippen molar-refractivity contribution in [1.29, 1.82) is 0 Å². The van der Waals surface area contributed by atoms with Crippen molar-refractivity contribution in [3.63, 3.8) is 0 Å². The molecule has 0 saturated heterocycles. The van der Waals surface area contributed by atoms with E-state index < -0.39 is 0 Å². The first kappa shape index (κ1) is 11.4. The number of likely N-dealkylation sites (N-methyl/N-ethyl adjacent to an activating group) is 1. The molecule has 0 radical (unpaired) electrons. The molecule has 0 aromatic heterocycles. The number of hydrogen-bond acceptors (Lipinski definition) is 2. The van der Waals surface area contributed by atoms with Gasteiger partial charge in [0.05, 0.1) is 0 Å². The second-order valence-electron chi connectivity index (χ2n) is 6.04. The van der Waals surface area contributed by atoms with Crippen molar-refractivity contribution in [3.05, 3.63) is 0 Å². The molecule has 2 saturated carbocycles. The molecule has 0 bridgehead atoms. The minimum atomic E-state index is 0.361. The highest BCUT2D eigenvalue weighted by Gasteiger charge is 2.49. The quantitative estimate of drug-likeness (QED) is 0.771.